The smallest absolute Gasteiger partial charge is 0.351 e. The predicted molar refractivity (Wildman–Crippen MR) is 54.7 cm³/mol. The van der Waals surface area contributed by atoms with Crippen molar-refractivity contribution >= 4 is 5.97 Å². The molecule has 0 radical (unpaired) electrons. The molecular weight excluding hydrogens is 178 g/mol. The van der Waals surface area contributed by atoms with E-state index in [2.05, 4.69) is 0 Å². The minimum Gasteiger partial charge on any atom is -0.477 e. The van der Waals surface area contributed by atoms with Gasteiger partial charge in [0, 0.05) is 0 Å². The molecule has 1 rings (SSSR count). The van der Waals surface area contributed by atoms with Crippen molar-refractivity contribution < 1.29 is 9.90 Å². The summed E-state index contributed by atoms with van der Waals surface area (Å²) >= 11 is 0. The lowest BCUT2D eigenvalue weighted by Crippen LogP contribution is -2.09. The second kappa shape index (κ2) is 5.07. The third-order valence-electron chi connectivity index (χ3n) is 1.89. The van der Waals surface area contributed by atoms with Crippen LogP contribution in [-0.2, 0) is 11.2 Å². The molecule has 0 heterocycles. The van der Waals surface area contributed by atoms with Gasteiger partial charge in [0.15, 0.2) is 0 Å². The largest absolute Gasteiger partial charge is 0.477 e. The third kappa shape index (κ3) is 3.31. The van der Waals surface area contributed by atoms with Gasteiger partial charge in [-0.05, 0) is 18.4 Å². The Hall–Kier alpha value is -1.77. The second-order valence-corrected chi connectivity index (χ2v) is 2.99. The van der Waals surface area contributed by atoms with E-state index < -0.39 is 5.97 Å². The van der Waals surface area contributed by atoms with Crippen LogP contribution in [0.15, 0.2) is 42.1 Å². The maximum absolute atomic E-state index is 10.3. The van der Waals surface area contributed by atoms with E-state index >= 15 is 0 Å². The molecule has 0 aliphatic heterocycles. The van der Waals surface area contributed by atoms with E-state index in [9.17, 15) is 4.79 Å². The van der Waals surface area contributed by atoms with Crippen LogP contribution in [0.3, 0.4) is 0 Å². The normalized spacial score (nSPS) is 11.3. The zero-order chi connectivity index (χ0) is 10.4. The van der Waals surface area contributed by atoms with E-state index in [1.54, 1.807) is 0 Å². The van der Waals surface area contributed by atoms with Gasteiger partial charge in [-0.3, -0.25) is 0 Å². The number of carbonyl (C=O) groups is 1. The van der Waals surface area contributed by atoms with Gasteiger partial charge >= 0.3 is 5.97 Å². The van der Waals surface area contributed by atoms with E-state index in [0.717, 1.165) is 6.42 Å². The van der Waals surface area contributed by atoms with Crippen LogP contribution in [0.25, 0.3) is 0 Å². The maximum Gasteiger partial charge on any atom is 0.351 e. The molecule has 0 saturated carbocycles. The molecule has 3 N–H and O–H groups in total. The molecule has 0 spiro atoms. The summed E-state index contributed by atoms with van der Waals surface area (Å²) in [6, 6.07) is 9.87. The topological polar surface area (TPSA) is 63.3 Å². The summed E-state index contributed by atoms with van der Waals surface area (Å²) in [5.74, 6) is -1.06. The van der Waals surface area contributed by atoms with Crippen molar-refractivity contribution in [2.24, 2.45) is 5.73 Å². The minimum absolute atomic E-state index is 0.0825. The van der Waals surface area contributed by atoms with Crippen LogP contribution in [0, 0.1) is 0 Å². The zero-order valence-electron chi connectivity index (χ0n) is 7.81. The first-order valence-electron chi connectivity index (χ1n) is 4.43. The van der Waals surface area contributed by atoms with E-state index in [0.29, 0.717) is 6.42 Å². The molecule has 0 aliphatic carbocycles. The Bertz CT molecular complexity index is 330. The molecule has 0 bridgehead atoms. The number of carboxylic acid groups (broad SMARTS) is 1. The van der Waals surface area contributed by atoms with Crippen LogP contribution < -0.4 is 5.73 Å². The van der Waals surface area contributed by atoms with Crippen molar-refractivity contribution in [3.63, 3.8) is 0 Å². The molecule has 14 heavy (non-hydrogen) atoms. The lowest BCUT2D eigenvalue weighted by molar-refractivity contribution is -0.132. The first-order chi connectivity index (χ1) is 6.70. The summed E-state index contributed by atoms with van der Waals surface area (Å²) in [6.07, 6.45) is 3.01. The van der Waals surface area contributed by atoms with Crippen LogP contribution in [-0.4, -0.2) is 11.1 Å². The molecule has 1 aromatic carbocycles. The number of aryl methyl sites for hydroxylation is 1. The van der Waals surface area contributed by atoms with E-state index in [1.807, 2.05) is 30.3 Å². The molecule has 0 unspecified atom stereocenters. The molecule has 0 aliphatic rings. The molecule has 0 atom stereocenters. The summed E-state index contributed by atoms with van der Waals surface area (Å²) in [4.78, 5) is 10.3. The van der Waals surface area contributed by atoms with Gasteiger partial charge in [0.2, 0.25) is 0 Å². The molecule has 0 amide bonds. The first kappa shape index (κ1) is 10.3. The van der Waals surface area contributed by atoms with E-state index in [-0.39, 0.29) is 5.70 Å². The van der Waals surface area contributed by atoms with Crippen molar-refractivity contribution in [3.05, 3.63) is 47.7 Å². The highest BCUT2D eigenvalue weighted by Gasteiger charge is 1.98. The third-order valence-corrected chi connectivity index (χ3v) is 1.89. The standard InChI is InChI=1S/C11H13NO2/c12-10(11(13)14)8-4-7-9-5-2-1-3-6-9/h1-3,5-6,8H,4,7,12H2,(H,13,14). The number of carboxylic acids is 1. The number of hydrogen-bond donors (Lipinski definition) is 2. The van der Waals surface area contributed by atoms with Crippen LogP contribution in [0.5, 0.6) is 0 Å². The Kier molecular flexibility index (Phi) is 3.73. The fraction of sp³-hybridized carbons (Fsp3) is 0.182. The van der Waals surface area contributed by atoms with Gasteiger partial charge in [0.1, 0.15) is 5.70 Å². The quantitative estimate of drug-likeness (QED) is 0.709. The monoisotopic (exact) mass is 191 g/mol. The summed E-state index contributed by atoms with van der Waals surface area (Å²) in [5, 5.41) is 8.49. The zero-order valence-corrected chi connectivity index (χ0v) is 7.81. The number of nitrogens with two attached hydrogens (primary N) is 1. The van der Waals surface area contributed by atoms with Gasteiger partial charge in [0.05, 0.1) is 0 Å². The van der Waals surface area contributed by atoms with Gasteiger partial charge in [-0.2, -0.15) is 0 Å². The molecule has 0 fully saturated rings. The van der Waals surface area contributed by atoms with E-state index in [4.69, 9.17) is 10.8 Å². The van der Waals surface area contributed by atoms with Gasteiger partial charge < -0.3 is 10.8 Å². The average Bonchev–Trinajstić information content (AvgIpc) is 2.19. The van der Waals surface area contributed by atoms with Gasteiger partial charge in [-0.15, -0.1) is 0 Å². The van der Waals surface area contributed by atoms with Crippen molar-refractivity contribution in [2.75, 3.05) is 0 Å². The minimum atomic E-state index is -1.06. The summed E-state index contributed by atoms with van der Waals surface area (Å²) < 4.78 is 0. The highest BCUT2D eigenvalue weighted by molar-refractivity contribution is 5.85. The molecule has 3 nitrogen and oxygen atoms in total. The molecule has 1 aromatic rings. The Morgan fingerprint density at radius 3 is 2.57 bits per heavy atom. The van der Waals surface area contributed by atoms with Crippen molar-refractivity contribution in [1.29, 1.82) is 0 Å². The molecule has 74 valence electrons. The highest BCUT2D eigenvalue weighted by atomic mass is 16.4. The number of allylic oxidation sites excluding steroid dienone is 1. The summed E-state index contributed by atoms with van der Waals surface area (Å²) in [5.41, 5.74) is 6.34. The van der Waals surface area contributed by atoms with Crippen molar-refractivity contribution in [3.8, 4) is 0 Å². The Balaban J connectivity index is 2.43. The number of aliphatic carboxylic acids is 1. The Labute approximate surface area is 82.9 Å². The maximum atomic E-state index is 10.3. The highest BCUT2D eigenvalue weighted by Crippen LogP contribution is 2.03. The second-order valence-electron chi connectivity index (χ2n) is 2.99. The Morgan fingerprint density at radius 2 is 2.00 bits per heavy atom. The Morgan fingerprint density at radius 1 is 1.36 bits per heavy atom. The molecule has 0 saturated heterocycles. The molecular formula is C11H13NO2. The van der Waals surface area contributed by atoms with Gasteiger partial charge in [-0.25, -0.2) is 4.79 Å². The number of benzene rings is 1. The van der Waals surface area contributed by atoms with Crippen molar-refractivity contribution in [1.82, 2.24) is 0 Å². The average molecular weight is 191 g/mol. The lowest BCUT2D eigenvalue weighted by Gasteiger charge is -1.97. The van der Waals surface area contributed by atoms with Crippen LogP contribution in [0.1, 0.15) is 12.0 Å². The lowest BCUT2D eigenvalue weighted by atomic mass is 10.1. The fourth-order valence-electron chi connectivity index (χ4n) is 1.13. The number of hydrogen-bond acceptors (Lipinski definition) is 2. The molecule has 0 aromatic heterocycles. The van der Waals surface area contributed by atoms with Crippen LogP contribution in [0.2, 0.25) is 0 Å². The molecule has 3 heteroatoms. The fourth-order valence-corrected chi connectivity index (χ4v) is 1.13. The van der Waals surface area contributed by atoms with Crippen LogP contribution >= 0.6 is 0 Å². The van der Waals surface area contributed by atoms with Crippen LogP contribution in [0.4, 0.5) is 0 Å². The van der Waals surface area contributed by atoms with Gasteiger partial charge in [-0.1, -0.05) is 36.4 Å². The van der Waals surface area contributed by atoms with Crippen molar-refractivity contribution in [2.45, 2.75) is 12.8 Å². The SMILES string of the molecule is NC(=CCCc1ccccc1)C(=O)O. The summed E-state index contributed by atoms with van der Waals surface area (Å²) in [6.45, 7) is 0. The first-order valence-corrected chi connectivity index (χ1v) is 4.43. The predicted octanol–water partition coefficient (Wildman–Crippen LogP) is 1.55. The van der Waals surface area contributed by atoms with E-state index in [1.165, 1.54) is 11.6 Å². The number of rotatable bonds is 4. The van der Waals surface area contributed by atoms with Gasteiger partial charge in [0.25, 0.3) is 0 Å². The summed E-state index contributed by atoms with van der Waals surface area (Å²) in [7, 11) is 0.